The molecule has 0 radical (unpaired) electrons. The van der Waals surface area contributed by atoms with Gasteiger partial charge in [-0.15, -0.1) is 0 Å². The summed E-state index contributed by atoms with van der Waals surface area (Å²) in [7, 11) is -3.93. The van der Waals surface area contributed by atoms with Gasteiger partial charge in [0.15, 0.2) is 15.6 Å². The number of hydrogen-bond acceptors (Lipinski definition) is 7. The first-order valence-corrected chi connectivity index (χ1v) is 15.1. The molecule has 1 amide bonds. The van der Waals surface area contributed by atoms with Gasteiger partial charge in [-0.3, -0.25) is 9.59 Å². The molecule has 41 heavy (non-hydrogen) atoms. The smallest absolute Gasteiger partial charge is 0.251 e. The van der Waals surface area contributed by atoms with E-state index in [0.29, 0.717) is 42.7 Å². The van der Waals surface area contributed by atoms with E-state index in [2.05, 4.69) is 10.3 Å². The lowest BCUT2D eigenvalue weighted by Gasteiger charge is -2.24. The molecule has 1 atom stereocenters. The highest BCUT2D eigenvalue weighted by atomic mass is 32.2. The first kappa shape index (κ1) is 28.3. The number of aliphatic hydroxyl groups excluding tert-OH is 1. The Bertz CT molecular complexity index is 1640. The number of rotatable bonds is 11. The molecule has 0 saturated heterocycles. The number of carbonyl (C=O) groups excluding carboxylic acids is 2. The lowest BCUT2D eigenvalue weighted by Crippen LogP contribution is -2.26. The average molecular weight is 574 g/mol. The molecule has 0 fully saturated rings. The van der Waals surface area contributed by atoms with Crippen molar-refractivity contribution < 1.29 is 27.9 Å². The van der Waals surface area contributed by atoms with Crippen LogP contribution in [0.1, 0.15) is 56.4 Å². The van der Waals surface area contributed by atoms with Crippen LogP contribution in [-0.4, -0.2) is 47.9 Å². The second kappa shape index (κ2) is 12.5. The van der Waals surface area contributed by atoms with E-state index in [1.807, 2.05) is 47.2 Å². The Morgan fingerprint density at radius 2 is 1.90 bits per heavy atom. The predicted octanol–water partition coefficient (Wildman–Crippen LogP) is 3.92. The molecule has 1 aromatic heterocycles. The Morgan fingerprint density at radius 1 is 1.07 bits per heavy atom. The first-order valence-electron chi connectivity index (χ1n) is 13.4. The topological polar surface area (TPSA) is 128 Å². The molecule has 0 saturated carbocycles. The fraction of sp³-hybridized carbons (Fsp3) is 0.258. The van der Waals surface area contributed by atoms with Crippen LogP contribution in [-0.2, 0) is 28.6 Å². The van der Waals surface area contributed by atoms with Crippen molar-refractivity contribution >= 4 is 21.5 Å². The van der Waals surface area contributed by atoms with Gasteiger partial charge >= 0.3 is 0 Å². The Hall–Kier alpha value is -4.28. The highest BCUT2D eigenvalue weighted by Crippen LogP contribution is 2.34. The summed E-state index contributed by atoms with van der Waals surface area (Å²) in [5, 5.41) is 11.5. The lowest BCUT2D eigenvalue weighted by molar-refractivity contribution is 0.0942. The highest BCUT2D eigenvalue weighted by Gasteiger charge is 2.27. The molecule has 212 valence electrons. The number of imidazole rings is 1. The summed E-state index contributed by atoms with van der Waals surface area (Å²) in [6, 6.07) is 19.0. The molecular formula is C31H31N3O6S. The van der Waals surface area contributed by atoms with E-state index in [0.717, 1.165) is 11.1 Å². The van der Waals surface area contributed by atoms with Gasteiger partial charge in [0.05, 0.1) is 30.1 Å². The minimum Gasteiger partial charge on any atom is -0.484 e. The van der Waals surface area contributed by atoms with Crippen molar-refractivity contribution in [2.24, 2.45) is 0 Å². The summed E-state index contributed by atoms with van der Waals surface area (Å²) in [5.41, 5.74) is 2.71. The van der Waals surface area contributed by atoms with Gasteiger partial charge in [-0.25, -0.2) is 13.4 Å². The maximum absolute atomic E-state index is 13.6. The number of ether oxygens (including phenoxy) is 1. The van der Waals surface area contributed by atoms with Crippen LogP contribution in [0.25, 0.3) is 0 Å². The Balaban J connectivity index is 1.49. The van der Waals surface area contributed by atoms with Crippen molar-refractivity contribution in [1.82, 2.24) is 14.9 Å². The number of sulfone groups is 1. The van der Waals surface area contributed by atoms with Crippen LogP contribution in [0.4, 0.5) is 0 Å². The van der Waals surface area contributed by atoms with E-state index in [-0.39, 0.29) is 35.5 Å². The molecule has 1 unspecified atom stereocenters. The molecule has 0 spiro atoms. The van der Waals surface area contributed by atoms with E-state index in [9.17, 15) is 18.0 Å². The first-order chi connectivity index (χ1) is 19.8. The third-order valence-corrected chi connectivity index (χ3v) is 8.65. The summed E-state index contributed by atoms with van der Waals surface area (Å²) >= 11 is 0. The van der Waals surface area contributed by atoms with Crippen molar-refractivity contribution in [1.29, 1.82) is 0 Å². The van der Waals surface area contributed by atoms with Crippen molar-refractivity contribution in [3.05, 3.63) is 113 Å². The number of amides is 1. The van der Waals surface area contributed by atoms with Gasteiger partial charge in [-0.2, -0.15) is 0 Å². The zero-order valence-corrected chi connectivity index (χ0v) is 23.2. The molecule has 2 N–H and O–H groups in total. The minimum absolute atomic E-state index is 0.0280. The molecule has 0 bridgehead atoms. The van der Waals surface area contributed by atoms with Crippen LogP contribution < -0.4 is 10.1 Å². The van der Waals surface area contributed by atoms with Crippen LogP contribution in [0, 0.1) is 0 Å². The average Bonchev–Trinajstić information content (AvgIpc) is 3.49. The molecular weight excluding hydrogens is 542 g/mol. The third-order valence-electron chi connectivity index (χ3n) is 6.99. The SMILES string of the molecule is O=C(NCCO)c1cccc(S(=O)(=O)Cc2cc(OC(Cn3ccnc3)c3ccccc3)cc3c2C(=O)CCC3)c1. The van der Waals surface area contributed by atoms with Gasteiger partial charge in [-0.1, -0.05) is 36.4 Å². The summed E-state index contributed by atoms with van der Waals surface area (Å²) in [6.45, 7) is 0.315. The number of nitrogens with zero attached hydrogens (tertiary/aromatic N) is 2. The van der Waals surface area contributed by atoms with Crippen LogP contribution in [0.15, 0.2) is 90.3 Å². The largest absolute Gasteiger partial charge is 0.484 e. The maximum atomic E-state index is 13.6. The number of Topliss-reactive ketones (excluding diaryl/α,β-unsaturated/α-hetero) is 1. The third kappa shape index (κ3) is 6.72. The predicted molar refractivity (Wildman–Crippen MR) is 152 cm³/mol. The quantitative estimate of drug-likeness (QED) is 0.278. The number of nitrogens with one attached hydrogen (secondary N) is 1. The fourth-order valence-corrected chi connectivity index (χ4v) is 6.45. The second-order valence-corrected chi connectivity index (χ2v) is 11.9. The molecule has 1 aliphatic carbocycles. The van der Waals surface area contributed by atoms with Gasteiger partial charge < -0.3 is 19.7 Å². The Labute approximate surface area is 238 Å². The molecule has 5 rings (SSSR count). The Morgan fingerprint density at radius 3 is 2.66 bits per heavy atom. The number of aromatic nitrogens is 2. The van der Waals surface area contributed by atoms with Crippen molar-refractivity contribution in [2.75, 3.05) is 13.2 Å². The number of hydrogen-bond donors (Lipinski definition) is 2. The number of benzene rings is 3. The number of aliphatic hydroxyl groups is 1. The summed E-state index contributed by atoms with van der Waals surface area (Å²) in [6.07, 6.45) is 6.55. The van der Waals surface area contributed by atoms with Crippen molar-refractivity contribution in [3.8, 4) is 5.75 Å². The van der Waals surface area contributed by atoms with Gasteiger partial charge in [-0.05, 0) is 59.9 Å². The van der Waals surface area contributed by atoms with Crippen LogP contribution in [0.3, 0.4) is 0 Å². The Kier molecular flexibility index (Phi) is 8.61. The van der Waals surface area contributed by atoms with Crippen LogP contribution in [0.2, 0.25) is 0 Å². The van der Waals surface area contributed by atoms with Crippen LogP contribution in [0.5, 0.6) is 5.75 Å². The van der Waals surface area contributed by atoms with Gasteiger partial charge in [0.2, 0.25) is 0 Å². The van der Waals surface area contributed by atoms with Crippen LogP contribution >= 0.6 is 0 Å². The van der Waals surface area contributed by atoms with E-state index >= 15 is 0 Å². The molecule has 3 aromatic carbocycles. The molecule has 10 heteroatoms. The van der Waals surface area contributed by atoms with E-state index in [4.69, 9.17) is 9.84 Å². The standard InChI is InChI=1S/C31H31N3O6S/c35-15-13-33-31(37)24-9-4-10-27(18-24)41(38,39)20-25-17-26(16-23-8-5-11-28(36)30(23)25)40-29(19-34-14-12-32-21-34)22-6-2-1-3-7-22/h1-4,6-7,9-10,12,14,16-18,21,29,35H,5,8,11,13,15,19-20H2,(H,33,37). The van der Waals surface area contributed by atoms with Crippen molar-refractivity contribution in [3.63, 3.8) is 0 Å². The van der Waals surface area contributed by atoms with Crippen molar-refractivity contribution in [2.45, 2.75) is 42.6 Å². The highest BCUT2D eigenvalue weighted by molar-refractivity contribution is 7.90. The fourth-order valence-electron chi connectivity index (χ4n) is 5.06. The maximum Gasteiger partial charge on any atom is 0.251 e. The van der Waals surface area contributed by atoms with Gasteiger partial charge in [0.1, 0.15) is 11.9 Å². The minimum atomic E-state index is -3.93. The zero-order valence-electron chi connectivity index (χ0n) is 22.4. The van der Waals surface area contributed by atoms with E-state index < -0.39 is 21.5 Å². The second-order valence-electron chi connectivity index (χ2n) is 9.94. The number of aryl methyl sites for hydroxylation is 1. The monoisotopic (exact) mass is 573 g/mol. The number of carbonyl (C=O) groups is 2. The lowest BCUT2D eigenvalue weighted by atomic mass is 9.87. The molecule has 1 heterocycles. The van der Waals surface area contributed by atoms with E-state index in [1.54, 1.807) is 18.6 Å². The summed E-state index contributed by atoms with van der Waals surface area (Å²) in [5.74, 6) is -0.505. The molecule has 0 aliphatic heterocycles. The number of ketones is 1. The molecule has 1 aliphatic rings. The van der Waals surface area contributed by atoms with Gasteiger partial charge in [0.25, 0.3) is 5.91 Å². The molecule has 9 nitrogen and oxygen atoms in total. The van der Waals surface area contributed by atoms with Gasteiger partial charge in [0, 0.05) is 36.5 Å². The normalized spacial score (nSPS) is 13.8. The molecule has 4 aromatic rings. The zero-order chi connectivity index (χ0) is 28.8. The van der Waals surface area contributed by atoms with E-state index in [1.165, 1.54) is 24.3 Å². The number of fused-ring (bicyclic) bond motifs is 1. The summed E-state index contributed by atoms with van der Waals surface area (Å²) < 4.78 is 35.6. The summed E-state index contributed by atoms with van der Waals surface area (Å²) in [4.78, 5) is 29.5.